The number of hydrogen-bond donors (Lipinski definition) is 2. The van der Waals surface area contributed by atoms with Gasteiger partial charge in [-0.05, 0) is 12.8 Å². The molecule has 1 aliphatic rings. The lowest BCUT2D eigenvalue weighted by atomic mass is 9.96. The molecule has 0 aromatic rings. The molecule has 14 heavy (non-hydrogen) atoms. The molecule has 1 heterocycles. The molecule has 0 radical (unpaired) electrons. The van der Waals surface area contributed by atoms with Gasteiger partial charge >= 0.3 is 17.7 Å². The molecule has 0 saturated carbocycles. The lowest BCUT2D eigenvalue weighted by molar-refractivity contribution is -0.146. The second-order valence-corrected chi connectivity index (χ2v) is 3.33. The van der Waals surface area contributed by atoms with Crippen molar-refractivity contribution in [2.45, 2.75) is 32.0 Å². The van der Waals surface area contributed by atoms with Gasteiger partial charge in [-0.25, -0.2) is 4.79 Å². The lowest BCUT2D eigenvalue weighted by Gasteiger charge is -2.10. The summed E-state index contributed by atoms with van der Waals surface area (Å²) < 4.78 is 0. The fourth-order valence-electron chi connectivity index (χ4n) is 1.24. The molecule has 1 unspecified atom stereocenters. The van der Waals surface area contributed by atoms with Crippen LogP contribution in [0.1, 0.15) is 26.2 Å². The van der Waals surface area contributed by atoms with E-state index in [1.165, 1.54) is 0 Å². The smallest absolute Gasteiger partial charge is 0.370 e. The van der Waals surface area contributed by atoms with E-state index in [2.05, 4.69) is 9.78 Å². The molecule has 0 bridgehead atoms. The average molecular weight is 204 g/mol. The highest BCUT2D eigenvalue weighted by Crippen LogP contribution is 2.40. The van der Waals surface area contributed by atoms with Crippen LogP contribution >= 0.6 is 0 Å². The molecule has 0 aromatic heterocycles. The zero-order chi connectivity index (χ0) is 10.8. The molecule has 2 N–H and O–H groups in total. The number of hydrogen-bond acceptors (Lipinski definition) is 4. The molecular formula is C8H12O6. The first-order valence-corrected chi connectivity index (χ1v) is 4.31. The first kappa shape index (κ1) is 10.9. The summed E-state index contributed by atoms with van der Waals surface area (Å²) in [5, 5.41) is 17.1. The Kier molecular flexibility index (Phi) is 3.07. The summed E-state index contributed by atoms with van der Waals surface area (Å²) >= 11 is 0. The Balaban J connectivity index is 2.32. The van der Waals surface area contributed by atoms with Crippen LogP contribution in [0.25, 0.3) is 0 Å². The summed E-state index contributed by atoms with van der Waals surface area (Å²) in [6, 6.07) is 0. The third kappa shape index (κ3) is 2.21. The van der Waals surface area contributed by atoms with Crippen LogP contribution in [0.5, 0.6) is 0 Å². The fraction of sp³-hybridized carbons (Fsp3) is 0.750. The van der Waals surface area contributed by atoms with E-state index >= 15 is 0 Å². The largest absolute Gasteiger partial charge is 0.481 e. The molecule has 0 aliphatic carbocycles. The van der Waals surface area contributed by atoms with E-state index in [0.717, 1.165) is 0 Å². The standard InChI is InChI=1S/C8H12O6/c1-5(3-2-4-6(9)10)8(7(11)12)13-14-8/h5H,2-4H2,1H3,(H,9,10)(H,11,12). The highest BCUT2D eigenvalue weighted by Gasteiger charge is 2.61. The molecule has 0 aromatic carbocycles. The molecule has 1 fully saturated rings. The Morgan fingerprint density at radius 2 is 1.93 bits per heavy atom. The van der Waals surface area contributed by atoms with Gasteiger partial charge in [0.25, 0.3) is 0 Å². The lowest BCUT2D eigenvalue weighted by Crippen LogP contribution is -2.31. The van der Waals surface area contributed by atoms with Crippen molar-refractivity contribution in [1.82, 2.24) is 0 Å². The topological polar surface area (TPSA) is 99.7 Å². The van der Waals surface area contributed by atoms with E-state index in [0.29, 0.717) is 12.8 Å². The van der Waals surface area contributed by atoms with Gasteiger partial charge in [0.05, 0.1) is 0 Å². The van der Waals surface area contributed by atoms with Gasteiger partial charge in [-0.15, -0.1) is 0 Å². The zero-order valence-corrected chi connectivity index (χ0v) is 7.73. The van der Waals surface area contributed by atoms with Gasteiger partial charge < -0.3 is 10.2 Å². The molecule has 1 aliphatic heterocycles. The molecule has 6 nitrogen and oxygen atoms in total. The van der Waals surface area contributed by atoms with Crippen molar-refractivity contribution in [3.8, 4) is 0 Å². The van der Waals surface area contributed by atoms with E-state index < -0.39 is 17.7 Å². The summed E-state index contributed by atoms with van der Waals surface area (Å²) in [5.41, 5.74) is 0. The van der Waals surface area contributed by atoms with Crippen molar-refractivity contribution in [1.29, 1.82) is 0 Å². The predicted molar refractivity (Wildman–Crippen MR) is 43.2 cm³/mol. The number of rotatable bonds is 6. The molecule has 0 spiro atoms. The first-order valence-electron chi connectivity index (χ1n) is 4.31. The highest BCUT2D eigenvalue weighted by atomic mass is 17.4. The number of carboxylic acids is 2. The van der Waals surface area contributed by atoms with E-state index in [-0.39, 0.29) is 12.3 Å². The zero-order valence-electron chi connectivity index (χ0n) is 7.73. The minimum atomic E-state index is -1.53. The third-order valence-electron chi connectivity index (χ3n) is 2.24. The van der Waals surface area contributed by atoms with Crippen molar-refractivity contribution in [3.63, 3.8) is 0 Å². The fourth-order valence-corrected chi connectivity index (χ4v) is 1.24. The summed E-state index contributed by atoms with van der Waals surface area (Å²) in [6.45, 7) is 1.66. The van der Waals surface area contributed by atoms with Gasteiger partial charge in [0.2, 0.25) is 0 Å². The third-order valence-corrected chi connectivity index (χ3v) is 2.24. The molecule has 1 rings (SSSR count). The van der Waals surface area contributed by atoms with Crippen LogP contribution < -0.4 is 0 Å². The molecule has 6 heteroatoms. The quantitative estimate of drug-likeness (QED) is 0.486. The van der Waals surface area contributed by atoms with Crippen LogP contribution in [-0.2, 0) is 19.4 Å². The maximum atomic E-state index is 10.7. The minimum Gasteiger partial charge on any atom is -0.481 e. The van der Waals surface area contributed by atoms with Crippen molar-refractivity contribution >= 4 is 11.9 Å². The van der Waals surface area contributed by atoms with Crippen molar-refractivity contribution < 1.29 is 29.6 Å². The normalized spacial score (nSPS) is 20.1. The maximum Gasteiger partial charge on any atom is 0.370 e. The summed E-state index contributed by atoms with van der Waals surface area (Å²) in [5.74, 6) is -3.93. The second-order valence-electron chi connectivity index (χ2n) is 3.33. The number of carbonyl (C=O) groups is 2. The number of carboxylic acid groups (broad SMARTS) is 2. The van der Waals surface area contributed by atoms with Gasteiger partial charge in [-0.2, -0.15) is 9.78 Å². The Morgan fingerprint density at radius 3 is 2.29 bits per heavy atom. The Bertz CT molecular complexity index is 244. The van der Waals surface area contributed by atoms with Gasteiger partial charge in [0.1, 0.15) is 0 Å². The minimum absolute atomic E-state index is 0.0278. The van der Waals surface area contributed by atoms with Crippen LogP contribution in [0, 0.1) is 5.92 Å². The molecule has 1 saturated heterocycles. The van der Waals surface area contributed by atoms with E-state index in [1.807, 2.05) is 0 Å². The maximum absolute atomic E-state index is 10.7. The van der Waals surface area contributed by atoms with Crippen molar-refractivity contribution in [2.24, 2.45) is 5.92 Å². The first-order chi connectivity index (χ1) is 6.49. The van der Waals surface area contributed by atoms with Crippen LogP contribution in [-0.4, -0.2) is 27.9 Å². The Labute approximate surface area is 80.4 Å². The summed E-state index contributed by atoms with van der Waals surface area (Å²) in [7, 11) is 0. The summed E-state index contributed by atoms with van der Waals surface area (Å²) in [6.07, 6.45) is 0.886. The van der Waals surface area contributed by atoms with E-state index in [9.17, 15) is 9.59 Å². The number of aliphatic carboxylic acids is 2. The SMILES string of the molecule is CC(CCCC(=O)O)C1(C(=O)O)OO1. The molecule has 80 valence electrons. The van der Waals surface area contributed by atoms with Crippen LogP contribution in [0.2, 0.25) is 0 Å². The van der Waals surface area contributed by atoms with Crippen molar-refractivity contribution in [3.05, 3.63) is 0 Å². The Morgan fingerprint density at radius 1 is 1.36 bits per heavy atom. The van der Waals surface area contributed by atoms with E-state index in [1.54, 1.807) is 6.92 Å². The van der Waals surface area contributed by atoms with Gasteiger partial charge in [-0.3, -0.25) is 4.79 Å². The van der Waals surface area contributed by atoms with Gasteiger partial charge in [-0.1, -0.05) is 6.92 Å². The monoisotopic (exact) mass is 204 g/mol. The Hall–Kier alpha value is -1.14. The van der Waals surface area contributed by atoms with Crippen LogP contribution in [0.3, 0.4) is 0 Å². The molecular weight excluding hydrogens is 192 g/mol. The van der Waals surface area contributed by atoms with E-state index in [4.69, 9.17) is 10.2 Å². The molecule has 1 atom stereocenters. The van der Waals surface area contributed by atoms with Crippen molar-refractivity contribution in [2.75, 3.05) is 0 Å². The van der Waals surface area contributed by atoms with Gasteiger partial charge in [0.15, 0.2) is 0 Å². The predicted octanol–water partition coefficient (Wildman–Crippen LogP) is 0.620. The highest BCUT2D eigenvalue weighted by molar-refractivity contribution is 5.77. The van der Waals surface area contributed by atoms with Crippen LogP contribution in [0.4, 0.5) is 0 Å². The van der Waals surface area contributed by atoms with Gasteiger partial charge in [0, 0.05) is 12.3 Å². The molecule has 0 amide bonds. The average Bonchev–Trinajstić information content (AvgIpc) is 2.82. The second kappa shape index (κ2) is 3.93. The summed E-state index contributed by atoms with van der Waals surface area (Å²) in [4.78, 5) is 29.7. The van der Waals surface area contributed by atoms with Crippen LogP contribution in [0.15, 0.2) is 0 Å².